The Morgan fingerprint density at radius 1 is 1.08 bits per heavy atom. The lowest BCUT2D eigenvalue weighted by molar-refractivity contribution is 0.281. The number of halogens is 1. The summed E-state index contributed by atoms with van der Waals surface area (Å²) in [5.41, 5.74) is 2.62. The van der Waals surface area contributed by atoms with Crippen molar-refractivity contribution in [2.45, 2.75) is 19.5 Å². The van der Waals surface area contributed by atoms with Gasteiger partial charge in [0.05, 0.1) is 18.0 Å². The van der Waals surface area contributed by atoms with Crippen molar-refractivity contribution in [3.05, 3.63) is 64.8 Å². The maximum Gasteiger partial charge on any atom is 0.225 e. The molecular weight excluding hydrogens is 394 g/mol. The fraction of sp³-hybridized carbons (Fsp3) is 0.211. The Morgan fingerprint density at radius 3 is 2.58 bits per heavy atom. The van der Waals surface area contributed by atoms with Gasteiger partial charge in [-0.1, -0.05) is 34.1 Å². The van der Waals surface area contributed by atoms with Gasteiger partial charge in [-0.15, -0.1) is 0 Å². The van der Waals surface area contributed by atoms with Gasteiger partial charge < -0.3 is 15.7 Å². The number of anilines is 2. The van der Waals surface area contributed by atoms with E-state index in [0.29, 0.717) is 24.0 Å². The first-order chi connectivity index (χ1) is 12.6. The standard InChI is InChI=1S/C19H20BrN5O/c1-13(12-26)23-19-24-17(16-4-2-3-9-21-16)10-18(25-19)22-11-14-5-7-15(20)8-6-14/h2-10,13,26H,11-12H2,1H3,(H2,22,23,24,25)/t13-/m1/s1. The molecule has 7 heteroatoms. The molecule has 0 spiro atoms. The molecule has 0 saturated carbocycles. The first kappa shape index (κ1) is 18.3. The summed E-state index contributed by atoms with van der Waals surface area (Å²) in [7, 11) is 0. The predicted molar refractivity (Wildman–Crippen MR) is 107 cm³/mol. The molecule has 3 N–H and O–H groups in total. The third-order valence-corrected chi connectivity index (χ3v) is 4.22. The van der Waals surface area contributed by atoms with Crippen molar-refractivity contribution in [1.82, 2.24) is 15.0 Å². The molecule has 0 aliphatic rings. The molecule has 0 aliphatic carbocycles. The molecular formula is C19H20BrN5O. The number of pyridine rings is 1. The zero-order valence-corrected chi connectivity index (χ0v) is 15.9. The van der Waals surface area contributed by atoms with E-state index in [1.165, 1.54) is 0 Å². The number of nitrogens with zero attached hydrogens (tertiary/aromatic N) is 3. The molecule has 2 aromatic heterocycles. The lowest BCUT2D eigenvalue weighted by Crippen LogP contribution is -2.21. The molecule has 0 bridgehead atoms. The van der Waals surface area contributed by atoms with Crippen molar-refractivity contribution >= 4 is 27.7 Å². The molecule has 0 amide bonds. The van der Waals surface area contributed by atoms with E-state index in [2.05, 4.69) is 41.5 Å². The molecule has 0 aliphatic heterocycles. The summed E-state index contributed by atoms with van der Waals surface area (Å²) in [4.78, 5) is 13.4. The second-order valence-electron chi connectivity index (χ2n) is 5.88. The van der Waals surface area contributed by atoms with E-state index in [9.17, 15) is 5.11 Å². The zero-order chi connectivity index (χ0) is 18.4. The summed E-state index contributed by atoms with van der Waals surface area (Å²) >= 11 is 3.44. The van der Waals surface area contributed by atoms with Crippen molar-refractivity contribution in [2.24, 2.45) is 0 Å². The Morgan fingerprint density at radius 2 is 1.88 bits per heavy atom. The molecule has 3 rings (SSSR count). The molecule has 0 unspecified atom stereocenters. The Kier molecular flexibility index (Phi) is 6.14. The minimum Gasteiger partial charge on any atom is -0.394 e. The number of aliphatic hydroxyl groups excluding tert-OH is 1. The van der Waals surface area contributed by atoms with Crippen molar-refractivity contribution in [2.75, 3.05) is 17.2 Å². The number of benzene rings is 1. The summed E-state index contributed by atoms with van der Waals surface area (Å²) in [6.07, 6.45) is 1.73. The van der Waals surface area contributed by atoms with Crippen LogP contribution in [0.25, 0.3) is 11.4 Å². The molecule has 3 aromatic rings. The predicted octanol–water partition coefficient (Wildman–Crippen LogP) is 3.71. The van der Waals surface area contributed by atoms with E-state index in [1.54, 1.807) is 6.20 Å². The number of hydrogen-bond acceptors (Lipinski definition) is 6. The van der Waals surface area contributed by atoms with E-state index in [-0.39, 0.29) is 12.6 Å². The molecule has 134 valence electrons. The average Bonchev–Trinajstić information content (AvgIpc) is 2.68. The second-order valence-corrected chi connectivity index (χ2v) is 6.80. The molecule has 0 radical (unpaired) electrons. The Hall–Kier alpha value is -2.51. The van der Waals surface area contributed by atoms with Crippen LogP contribution in [-0.2, 0) is 6.54 Å². The summed E-state index contributed by atoms with van der Waals surface area (Å²) < 4.78 is 1.05. The zero-order valence-electron chi connectivity index (χ0n) is 14.4. The van der Waals surface area contributed by atoms with E-state index >= 15 is 0 Å². The molecule has 2 heterocycles. The molecule has 26 heavy (non-hydrogen) atoms. The van der Waals surface area contributed by atoms with Crippen LogP contribution in [0, 0.1) is 0 Å². The van der Waals surface area contributed by atoms with Gasteiger partial charge >= 0.3 is 0 Å². The maximum absolute atomic E-state index is 9.28. The number of nitrogens with one attached hydrogen (secondary N) is 2. The van der Waals surface area contributed by atoms with Gasteiger partial charge in [0.2, 0.25) is 5.95 Å². The van der Waals surface area contributed by atoms with Gasteiger partial charge in [-0.3, -0.25) is 4.98 Å². The number of aliphatic hydroxyl groups is 1. The molecule has 0 saturated heterocycles. The second kappa shape index (κ2) is 8.73. The van der Waals surface area contributed by atoms with Crippen molar-refractivity contribution in [1.29, 1.82) is 0 Å². The highest BCUT2D eigenvalue weighted by Crippen LogP contribution is 2.20. The minimum atomic E-state index is -0.145. The van der Waals surface area contributed by atoms with E-state index < -0.39 is 0 Å². The van der Waals surface area contributed by atoms with Crippen LogP contribution in [0.3, 0.4) is 0 Å². The van der Waals surface area contributed by atoms with Crippen molar-refractivity contribution in [3.8, 4) is 11.4 Å². The van der Waals surface area contributed by atoms with Gasteiger partial charge in [0.25, 0.3) is 0 Å². The fourth-order valence-corrected chi connectivity index (χ4v) is 2.57. The lowest BCUT2D eigenvalue weighted by Gasteiger charge is -2.14. The normalized spacial score (nSPS) is 11.8. The highest BCUT2D eigenvalue weighted by Gasteiger charge is 2.10. The van der Waals surface area contributed by atoms with Crippen LogP contribution in [0.15, 0.2) is 59.2 Å². The van der Waals surface area contributed by atoms with Gasteiger partial charge in [0, 0.05) is 29.3 Å². The number of hydrogen-bond donors (Lipinski definition) is 3. The van der Waals surface area contributed by atoms with Crippen LogP contribution < -0.4 is 10.6 Å². The molecule has 1 atom stereocenters. The SMILES string of the molecule is C[C@H](CO)Nc1nc(NCc2ccc(Br)cc2)cc(-c2ccccn2)n1. The van der Waals surface area contributed by atoms with Crippen LogP contribution in [0.2, 0.25) is 0 Å². The smallest absolute Gasteiger partial charge is 0.225 e. The highest BCUT2D eigenvalue weighted by atomic mass is 79.9. The van der Waals surface area contributed by atoms with Crippen LogP contribution in [0.4, 0.5) is 11.8 Å². The third-order valence-electron chi connectivity index (χ3n) is 3.69. The maximum atomic E-state index is 9.28. The van der Waals surface area contributed by atoms with Crippen LogP contribution in [0.5, 0.6) is 0 Å². The highest BCUT2D eigenvalue weighted by molar-refractivity contribution is 9.10. The summed E-state index contributed by atoms with van der Waals surface area (Å²) in [6, 6.07) is 15.5. The van der Waals surface area contributed by atoms with Crippen LogP contribution in [-0.4, -0.2) is 32.7 Å². The van der Waals surface area contributed by atoms with E-state index in [0.717, 1.165) is 15.7 Å². The van der Waals surface area contributed by atoms with E-state index in [1.807, 2.05) is 55.5 Å². The number of rotatable bonds is 7. The molecule has 6 nitrogen and oxygen atoms in total. The quantitative estimate of drug-likeness (QED) is 0.547. The third kappa shape index (κ3) is 5.00. The van der Waals surface area contributed by atoms with Gasteiger partial charge in [-0.05, 0) is 36.8 Å². The topological polar surface area (TPSA) is 83.0 Å². The van der Waals surface area contributed by atoms with E-state index in [4.69, 9.17) is 0 Å². The Bertz CT molecular complexity index is 842. The number of aromatic nitrogens is 3. The van der Waals surface area contributed by atoms with Crippen molar-refractivity contribution in [3.63, 3.8) is 0 Å². The Labute approximate surface area is 160 Å². The largest absolute Gasteiger partial charge is 0.394 e. The van der Waals surface area contributed by atoms with Crippen LogP contribution in [0.1, 0.15) is 12.5 Å². The first-order valence-electron chi connectivity index (χ1n) is 8.30. The monoisotopic (exact) mass is 413 g/mol. The van der Waals surface area contributed by atoms with Crippen molar-refractivity contribution < 1.29 is 5.11 Å². The lowest BCUT2D eigenvalue weighted by atomic mass is 10.2. The summed E-state index contributed by atoms with van der Waals surface area (Å²) in [5.74, 6) is 1.14. The van der Waals surface area contributed by atoms with Gasteiger partial charge in [-0.25, -0.2) is 4.98 Å². The average molecular weight is 414 g/mol. The van der Waals surface area contributed by atoms with Gasteiger partial charge in [-0.2, -0.15) is 4.98 Å². The summed E-state index contributed by atoms with van der Waals surface area (Å²) in [5, 5.41) is 15.7. The molecule has 1 aromatic carbocycles. The van der Waals surface area contributed by atoms with Gasteiger partial charge in [0.1, 0.15) is 5.82 Å². The first-order valence-corrected chi connectivity index (χ1v) is 9.09. The summed E-state index contributed by atoms with van der Waals surface area (Å²) in [6.45, 7) is 2.51. The van der Waals surface area contributed by atoms with Gasteiger partial charge in [0.15, 0.2) is 0 Å². The molecule has 0 fully saturated rings. The fourth-order valence-electron chi connectivity index (χ4n) is 2.31. The Balaban J connectivity index is 1.85. The minimum absolute atomic E-state index is 0.00116. The van der Waals surface area contributed by atoms with Crippen LogP contribution >= 0.6 is 15.9 Å².